The fraction of sp³-hybridized carbons (Fsp3) is 0.474. The highest BCUT2D eigenvalue weighted by molar-refractivity contribution is 7.16. The Morgan fingerprint density at radius 1 is 1.32 bits per heavy atom. The second-order valence-corrected chi connectivity index (χ2v) is 7.90. The first-order valence-corrected chi connectivity index (χ1v) is 9.24. The molecule has 0 spiro atoms. The standard InChI is InChI=1S/C19H24N2O3S/c1-11-10-15(23-5)12(2)9-14(11)16-13(3)25-18(20-16)21-17(22)19(4)7-6-8-24-19/h9-10H,6-8H2,1-5H3,(H,20,21,22)/t19-/m0/s1. The Labute approximate surface area is 152 Å². The van der Waals surface area contributed by atoms with Crippen molar-refractivity contribution >= 4 is 22.4 Å². The summed E-state index contributed by atoms with van der Waals surface area (Å²) >= 11 is 1.49. The number of carbonyl (C=O) groups is 1. The summed E-state index contributed by atoms with van der Waals surface area (Å²) in [6.07, 6.45) is 1.66. The smallest absolute Gasteiger partial charge is 0.258 e. The zero-order valence-electron chi connectivity index (χ0n) is 15.4. The fourth-order valence-electron chi connectivity index (χ4n) is 3.15. The maximum atomic E-state index is 12.5. The zero-order chi connectivity index (χ0) is 18.2. The number of aryl methyl sites for hydroxylation is 3. The van der Waals surface area contributed by atoms with Crippen molar-refractivity contribution in [3.8, 4) is 17.0 Å². The van der Waals surface area contributed by atoms with Gasteiger partial charge in [0.15, 0.2) is 5.13 Å². The third-order valence-corrected chi connectivity index (χ3v) is 5.60. The molecule has 2 heterocycles. The maximum Gasteiger partial charge on any atom is 0.258 e. The van der Waals surface area contributed by atoms with Crippen molar-refractivity contribution in [3.63, 3.8) is 0 Å². The lowest BCUT2D eigenvalue weighted by molar-refractivity contribution is -0.133. The van der Waals surface area contributed by atoms with Crippen molar-refractivity contribution < 1.29 is 14.3 Å². The third kappa shape index (κ3) is 3.41. The van der Waals surface area contributed by atoms with Crippen molar-refractivity contribution in [2.24, 2.45) is 0 Å². The van der Waals surface area contributed by atoms with Crippen molar-refractivity contribution in [3.05, 3.63) is 28.1 Å². The highest BCUT2D eigenvalue weighted by Crippen LogP contribution is 2.36. The van der Waals surface area contributed by atoms with Crippen LogP contribution in [0.15, 0.2) is 12.1 Å². The van der Waals surface area contributed by atoms with E-state index in [2.05, 4.69) is 16.4 Å². The van der Waals surface area contributed by atoms with Crippen molar-refractivity contribution in [2.45, 2.75) is 46.1 Å². The molecule has 0 saturated carbocycles. The van der Waals surface area contributed by atoms with Crippen LogP contribution in [0.1, 0.15) is 35.8 Å². The molecule has 6 heteroatoms. The van der Waals surface area contributed by atoms with E-state index in [1.165, 1.54) is 11.3 Å². The minimum absolute atomic E-state index is 0.118. The molecule has 3 rings (SSSR count). The number of amides is 1. The minimum atomic E-state index is -0.744. The molecule has 1 aliphatic heterocycles. The Morgan fingerprint density at radius 2 is 2.08 bits per heavy atom. The van der Waals surface area contributed by atoms with Gasteiger partial charge in [0.2, 0.25) is 0 Å². The number of benzene rings is 1. The number of carbonyl (C=O) groups excluding carboxylic acids is 1. The van der Waals surface area contributed by atoms with Gasteiger partial charge in [-0.3, -0.25) is 10.1 Å². The molecule has 1 amide bonds. The average Bonchev–Trinajstić information content (AvgIpc) is 3.16. The molecule has 25 heavy (non-hydrogen) atoms. The molecule has 1 N–H and O–H groups in total. The van der Waals surface area contributed by atoms with Gasteiger partial charge in [0.05, 0.1) is 12.8 Å². The van der Waals surface area contributed by atoms with Gasteiger partial charge < -0.3 is 9.47 Å². The van der Waals surface area contributed by atoms with Crippen LogP contribution >= 0.6 is 11.3 Å². The molecule has 2 aromatic rings. The normalized spacial score (nSPS) is 19.9. The summed E-state index contributed by atoms with van der Waals surface area (Å²) in [5.74, 6) is 0.752. The van der Waals surface area contributed by atoms with Crippen molar-refractivity contribution in [1.29, 1.82) is 0 Å². The number of ether oxygens (including phenoxy) is 2. The lowest BCUT2D eigenvalue weighted by Crippen LogP contribution is -2.39. The molecule has 0 unspecified atom stereocenters. The van der Waals surface area contributed by atoms with E-state index in [-0.39, 0.29) is 5.91 Å². The molecule has 1 aromatic carbocycles. The summed E-state index contributed by atoms with van der Waals surface area (Å²) in [6.45, 7) is 8.56. The highest BCUT2D eigenvalue weighted by Gasteiger charge is 2.38. The Bertz CT molecular complexity index is 807. The molecular formula is C19H24N2O3S. The van der Waals surface area contributed by atoms with Crippen LogP contribution in [0.2, 0.25) is 0 Å². The summed E-state index contributed by atoms with van der Waals surface area (Å²) in [5, 5.41) is 3.54. The summed E-state index contributed by atoms with van der Waals surface area (Å²) in [6, 6.07) is 4.11. The van der Waals surface area contributed by atoms with Crippen LogP contribution in [0.4, 0.5) is 5.13 Å². The van der Waals surface area contributed by atoms with E-state index >= 15 is 0 Å². The first-order chi connectivity index (χ1) is 11.8. The number of nitrogens with zero attached hydrogens (tertiary/aromatic N) is 1. The van der Waals surface area contributed by atoms with Gasteiger partial charge in [-0.2, -0.15) is 0 Å². The van der Waals surface area contributed by atoms with E-state index in [0.29, 0.717) is 11.7 Å². The molecule has 1 fully saturated rings. The molecule has 1 aliphatic rings. The first-order valence-electron chi connectivity index (χ1n) is 8.42. The van der Waals surface area contributed by atoms with E-state index in [0.717, 1.165) is 45.9 Å². The molecule has 1 saturated heterocycles. The molecule has 0 bridgehead atoms. The molecule has 0 radical (unpaired) electrons. The van der Waals surface area contributed by atoms with E-state index in [1.54, 1.807) is 7.11 Å². The zero-order valence-corrected chi connectivity index (χ0v) is 16.2. The van der Waals surface area contributed by atoms with Gasteiger partial charge in [-0.1, -0.05) is 0 Å². The van der Waals surface area contributed by atoms with Crippen LogP contribution in [0, 0.1) is 20.8 Å². The first kappa shape index (κ1) is 17.9. The second kappa shape index (κ2) is 6.77. The largest absolute Gasteiger partial charge is 0.496 e. The molecule has 0 aliphatic carbocycles. The van der Waals surface area contributed by atoms with Gasteiger partial charge in [-0.05, 0) is 63.8 Å². The van der Waals surface area contributed by atoms with Gasteiger partial charge in [-0.15, -0.1) is 11.3 Å². The van der Waals surface area contributed by atoms with Crippen molar-refractivity contribution in [2.75, 3.05) is 19.0 Å². The molecule has 1 aromatic heterocycles. The minimum Gasteiger partial charge on any atom is -0.496 e. The van der Waals surface area contributed by atoms with Gasteiger partial charge in [0, 0.05) is 17.0 Å². The number of aromatic nitrogens is 1. The number of hydrogen-bond donors (Lipinski definition) is 1. The van der Waals surface area contributed by atoms with Crippen LogP contribution in [0.25, 0.3) is 11.3 Å². The summed E-state index contributed by atoms with van der Waals surface area (Å²) in [5.41, 5.74) is 3.39. The number of hydrogen-bond acceptors (Lipinski definition) is 5. The Balaban J connectivity index is 1.88. The second-order valence-electron chi connectivity index (χ2n) is 6.70. The topological polar surface area (TPSA) is 60.5 Å². The third-order valence-electron chi connectivity index (χ3n) is 4.71. The van der Waals surface area contributed by atoms with Crippen molar-refractivity contribution in [1.82, 2.24) is 4.98 Å². The number of methoxy groups -OCH3 is 1. The molecule has 5 nitrogen and oxygen atoms in total. The lowest BCUT2D eigenvalue weighted by atomic mass is 10.0. The Morgan fingerprint density at radius 3 is 2.72 bits per heavy atom. The molecular weight excluding hydrogens is 336 g/mol. The Hall–Kier alpha value is -1.92. The fourth-order valence-corrected chi connectivity index (χ4v) is 3.97. The monoisotopic (exact) mass is 360 g/mol. The summed E-state index contributed by atoms with van der Waals surface area (Å²) in [4.78, 5) is 18.3. The summed E-state index contributed by atoms with van der Waals surface area (Å²) in [7, 11) is 1.68. The van der Waals surface area contributed by atoms with E-state index in [9.17, 15) is 4.79 Å². The molecule has 134 valence electrons. The predicted octanol–water partition coefficient (Wildman–Crippen LogP) is 4.25. The summed E-state index contributed by atoms with van der Waals surface area (Å²) < 4.78 is 11.0. The van der Waals surface area contributed by atoms with Crippen LogP contribution in [0.3, 0.4) is 0 Å². The van der Waals surface area contributed by atoms with Gasteiger partial charge >= 0.3 is 0 Å². The Kier molecular flexibility index (Phi) is 4.84. The van der Waals surface area contributed by atoms with E-state index in [1.807, 2.05) is 33.8 Å². The number of anilines is 1. The van der Waals surface area contributed by atoms with Crippen LogP contribution < -0.4 is 10.1 Å². The van der Waals surface area contributed by atoms with Gasteiger partial charge in [0.1, 0.15) is 11.4 Å². The highest BCUT2D eigenvalue weighted by atomic mass is 32.1. The number of nitrogens with one attached hydrogen (secondary N) is 1. The van der Waals surface area contributed by atoms with Gasteiger partial charge in [0.25, 0.3) is 5.91 Å². The van der Waals surface area contributed by atoms with Gasteiger partial charge in [-0.25, -0.2) is 4.98 Å². The van der Waals surface area contributed by atoms with E-state index in [4.69, 9.17) is 9.47 Å². The van der Waals surface area contributed by atoms with Crippen LogP contribution in [0.5, 0.6) is 5.75 Å². The maximum absolute atomic E-state index is 12.5. The van der Waals surface area contributed by atoms with Crippen LogP contribution in [-0.4, -0.2) is 30.2 Å². The average molecular weight is 360 g/mol. The lowest BCUT2D eigenvalue weighted by Gasteiger charge is -2.20. The van der Waals surface area contributed by atoms with Crippen LogP contribution in [-0.2, 0) is 9.53 Å². The van der Waals surface area contributed by atoms with E-state index < -0.39 is 5.60 Å². The molecule has 1 atom stereocenters. The quantitative estimate of drug-likeness (QED) is 0.885. The predicted molar refractivity (Wildman–Crippen MR) is 101 cm³/mol. The number of thiazole rings is 1. The number of rotatable bonds is 4. The SMILES string of the molecule is COc1cc(C)c(-c2nc(NC(=O)[C@]3(C)CCCO3)sc2C)cc1C.